The zero-order valence-electron chi connectivity index (χ0n) is 8.75. The van der Waals surface area contributed by atoms with E-state index >= 15 is 0 Å². The van der Waals surface area contributed by atoms with Gasteiger partial charge in [-0.1, -0.05) is 15.9 Å². The second kappa shape index (κ2) is 5.92. The van der Waals surface area contributed by atoms with Gasteiger partial charge in [0.25, 0.3) is 5.91 Å². The summed E-state index contributed by atoms with van der Waals surface area (Å²) >= 11 is 3.30. The van der Waals surface area contributed by atoms with Crippen LogP contribution in [0.2, 0.25) is 0 Å². The monoisotopic (exact) mass is 275 g/mol. The Balaban J connectivity index is 2.58. The van der Waals surface area contributed by atoms with Gasteiger partial charge in [0.1, 0.15) is 0 Å². The molecule has 15 heavy (non-hydrogen) atoms. The summed E-state index contributed by atoms with van der Waals surface area (Å²) in [5, 5.41) is 3.45. The molecule has 1 N–H and O–H groups in total. The molecule has 0 aliphatic carbocycles. The van der Waals surface area contributed by atoms with Crippen LogP contribution in [0.4, 0.5) is 0 Å². The predicted molar refractivity (Wildman–Crippen MR) is 60.4 cm³/mol. The van der Waals surface area contributed by atoms with Crippen LogP contribution >= 0.6 is 15.9 Å². The number of ether oxygens (including phenoxy) is 1. The summed E-state index contributed by atoms with van der Waals surface area (Å²) in [5.41, 5.74) is 0.832. The van der Waals surface area contributed by atoms with Crippen molar-refractivity contribution in [1.29, 1.82) is 0 Å². The van der Waals surface area contributed by atoms with Gasteiger partial charge in [-0.2, -0.15) is 0 Å². The SMILES string of the molecule is COCC(CBr)NC(=O)c1occc1C. The second-order valence-electron chi connectivity index (χ2n) is 3.21. The van der Waals surface area contributed by atoms with E-state index in [1.54, 1.807) is 13.2 Å². The molecule has 84 valence electrons. The standard InChI is InChI=1S/C10H14BrNO3/c1-7-3-4-15-9(7)10(13)12-8(5-11)6-14-2/h3-4,8H,5-6H2,1-2H3,(H,12,13). The quantitative estimate of drug-likeness (QED) is 0.833. The van der Waals surface area contributed by atoms with Crippen LogP contribution in [0.15, 0.2) is 16.7 Å². The molecule has 0 radical (unpaired) electrons. The van der Waals surface area contributed by atoms with Gasteiger partial charge in [-0.05, 0) is 13.0 Å². The number of rotatable bonds is 5. The molecule has 1 atom stereocenters. The van der Waals surface area contributed by atoms with Crippen LogP contribution in [0.1, 0.15) is 16.1 Å². The number of carbonyl (C=O) groups excluding carboxylic acids is 1. The molecule has 1 aromatic heterocycles. The maximum absolute atomic E-state index is 11.7. The Morgan fingerprint density at radius 1 is 1.73 bits per heavy atom. The van der Waals surface area contributed by atoms with E-state index in [9.17, 15) is 4.79 Å². The van der Waals surface area contributed by atoms with Gasteiger partial charge in [0, 0.05) is 18.0 Å². The van der Waals surface area contributed by atoms with Crippen LogP contribution < -0.4 is 5.32 Å². The van der Waals surface area contributed by atoms with Gasteiger partial charge in [0.15, 0.2) is 5.76 Å². The largest absolute Gasteiger partial charge is 0.459 e. The first-order valence-electron chi connectivity index (χ1n) is 4.59. The fourth-order valence-corrected chi connectivity index (χ4v) is 1.53. The molecule has 0 aliphatic rings. The van der Waals surface area contributed by atoms with Crippen LogP contribution in [0.25, 0.3) is 0 Å². The molecule has 0 saturated carbocycles. The normalized spacial score (nSPS) is 12.5. The number of alkyl halides is 1. The Morgan fingerprint density at radius 3 is 2.93 bits per heavy atom. The summed E-state index contributed by atoms with van der Waals surface area (Å²) < 4.78 is 10.0. The van der Waals surface area contributed by atoms with Crippen molar-refractivity contribution < 1.29 is 13.9 Å². The molecule has 4 nitrogen and oxygen atoms in total. The van der Waals surface area contributed by atoms with Crippen molar-refractivity contribution in [2.24, 2.45) is 0 Å². The smallest absolute Gasteiger partial charge is 0.287 e. The number of nitrogens with one attached hydrogen (secondary N) is 1. The number of furan rings is 1. The van der Waals surface area contributed by atoms with Crippen molar-refractivity contribution in [2.45, 2.75) is 13.0 Å². The van der Waals surface area contributed by atoms with E-state index in [0.29, 0.717) is 17.7 Å². The van der Waals surface area contributed by atoms with E-state index in [-0.39, 0.29) is 11.9 Å². The lowest BCUT2D eigenvalue weighted by Crippen LogP contribution is -2.39. The average molecular weight is 276 g/mol. The van der Waals surface area contributed by atoms with E-state index in [1.807, 2.05) is 6.92 Å². The van der Waals surface area contributed by atoms with Gasteiger partial charge in [-0.15, -0.1) is 0 Å². The van der Waals surface area contributed by atoms with Gasteiger partial charge in [0.05, 0.1) is 18.9 Å². The molecule has 5 heteroatoms. The fraction of sp³-hybridized carbons (Fsp3) is 0.500. The summed E-state index contributed by atoms with van der Waals surface area (Å²) in [6, 6.07) is 1.71. The summed E-state index contributed by atoms with van der Waals surface area (Å²) in [4.78, 5) is 11.7. The minimum Gasteiger partial charge on any atom is -0.459 e. The fourth-order valence-electron chi connectivity index (χ4n) is 1.18. The van der Waals surface area contributed by atoms with Crippen LogP contribution in [-0.4, -0.2) is 31.0 Å². The number of hydrogen-bond donors (Lipinski definition) is 1. The lowest BCUT2D eigenvalue weighted by Gasteiger charge is -2.14. The van der Waals surface area contributed by atoms with E-state index in [4.69, 9.17) is 9.15 Å². The maximum atomic E-state index is 11.7. The van der Waals surface area contributed by atoms with Crippen LogP contribution in [0.3, 0.4) is 0 Å². The molecule has 1 heterocycles. The van der Waals surface area contributed by atoms with Crippen LogP contribution in [0, 0.1) is 6.92 Å². The van der Waals surface area contributed by atoms with Gasteiger partial charge >= 0.3 is 0 Å². The summed E-state index contributed by atoms with van der Waals surface area (Å²) in [6.45, 7) is 2.30. The Bertz CT molecular complexity index is 324. The molecule has 1 amide bonds. The molecule has 0 saturated heterocycles. The lowest BCUT2D eigenvalue weighted by atomic mass is 10.2. The average Bonchev–Trinajstić information content (AvgIpc) is 2.63. The Kier molecular flexibility index (Phi) is 4.84. The van der Waals surface area contributed by atoms with E-state index in [2.05, 4.69) is 21.2 Å². The minimum absolute atomic E-state index is 0.0491. The zero-order chi connectivity index (χ0) is 11.3. The van der Waals surface area contributed by atoms with Gasteiger partial charge < -0.3 is 14.5 Å². The molecular weight excluding hydrogens is 262 g/mol. The summed E-state index contributed by atoms with van der Waals surface area (Å²) in [6.07, 6.45) is 1.50. The molecule has 0 aliphatic heterocycles. The lowest BCUT2D eigenvalue weighted by molar-refractivity contribution is 0.0879. The molecular formula is C10H14BrNO3. The number of halogens is 1. The highest BCUT2D eigenvalue weighted by Gasteiger charge is 2.16. The number of aryl methyl sites for hydroxylation is 1. The van der Waals surface area contributed by atoms with E-state index < -0.39 is 0 Å². The molecule has 0 aromatic carbocycles. The molecule has 1 rings (SSSR count). The van der Waals surface area contributed by atoms with Crippen molar-refractivity contribution in [2.75, 3.05) is 19.0 Å². The Morgan fingerprint density at radius 2 is 2.47 bits per heavy atom. The molecule has 1 aromatic rings. The highest BCUT2D eigenvalue weighted by molar-refractivity contribution is 9.09. The van der Waals surface area contributed by atoms with Crippen LogP contribution in [-0.2, 0) is 4.74 Å². The molecule has 0 spiro atoms. The first kappa shape index (κ1) is 12.3. The molecule has 0 bridgehead atoms. The number of hydrogen-bond acceptors (Lipinski definition) is 3. The van der Waals surface area contributed by atoms with Gasteiger partial charge in [-0.3, -0.25) is 4.79 Å². The summed E-state index contributed by atoms with van der Waals surface area (Å²) in [7, 11) is 1.60. The highest BCUT2D eigenvalue weighted by atomic mass is 79.9. The Hall–Kier alpha value is -0.810. The van der Waals surface area contributed by atoms with Crippen molar-refractivity contribution >= 4 is 21.8 Å². The Labute approximate surface area is 97.1 Å². The topological polar surface area (TPSA) is 51.5 Å². The second-order valence-corrected chi connectivity index (χ2v) is 3.86. The van der Waals surface area contributed by atoms with Crippen molar-refractivity contribution in [3.8, 4) is 0 Å². The van der Waals surface area contributed by atoms with Gasteiger partial charge in [0.2, 0.25) is 0 Å². The molecule has 1 unspecified atom stereocenters. The third-order valence-electron chi connectivity index (χ3n) is 1.96. The van der Waals surface area contributed by atoms with Crippen molar-refractivity contribution in [3.05, 3.63) is 23.7 Å². The predicted octanol–water partition coefficient (Wildman–Crippen LogP) is 1.73. The number of methoxy groups -OCH3 is 1. The first-order valence-corrected chi connectivity index (χ1v) is 5.71. The maximum Gasteiger partial charge on any atom is 0.287 e. The third-order valence-corrected chi connectivity index (χ3v) is 2.74. The van der Waals surface area contributed by atoms with Crippen LogP contribution in [0.5, 0.6) is 0 Å². The number of carbonyl (C=O) groups is 1. The number of amides is 1. The first-order chi connectivity index (χ1) is 7.19. The van der Waals surface area contributed by atoms with Crippen molar-refractivity contribution in [1.82, 2.24) is 5.32 Å². The summed E-state index contributed by atoms with van der Waals surface area (Å²) in [5.74, 6) is 0.149. The van der Waals surface area contributed by atoms with Crippen molar-refractivity contribution in [3.63, 3.8) is 0 Å². The van der Waals surface area contributed by atoms with Gasteiger partial charge in [-0.25, -0.2) is 0 Å². The van der Waals surface area contributed by atoms with E-state index in [0.717, 1.165) is 5.56 Å². The van der Waals surface area contributed by atoms with E-state index in [1.165, 1.54) is 6.26 Å². The third kappa shape index (κ3) is 3.35. The zero-order valence-corrected chi connectivity index (χ0v) is 10.3. The molecule has 0 fully saturated rings. The highest BCUT2D eigenvalue weighted by Crippen LogP contribution is 2.08. The minimum atomic E-state index is -0.209.